The summed E-state index contributed by atoms with van der Waals surface area (Å²) in [6.45, 7) is 3.90. The van der Waals surface area contributed by atoms with Crippen molar-refractivity contribution in [3.63, 3.8) is 0 Å². The van der Waals surface area contributed by atoms with Gasteiger partial charge in [0.15, 0.2) is 0 Å². The van der Waals surface area contributed by atoms with Crippen LogP contribution in [0.15, 0.2) is 61.4 Å². The molecule has 108 valence electrons. The normalized spacial score (nSPS) is 12.4. The summed E-state index contributed by atoms with van der Waals surface area (Å²) in [5, 5.41) is 7.73. The first-order valence-corrected chi connectivity index (χ1v) is 7.09. The lowest BCUT2D eigenvalue weighted by molar-refractivity contribution is 0.451. The van der Waals surface area contributed by atoms with Crippen molar-refractivity contribution < 1.29 is 0 Å². The molecule has 21 heavy (non-hydrogen) atoms. The van der Waals surface area contributed by atoms with Crippen LogP contribution in [0.5, 0.6) is 0 Å². The van der Waals surface area contributed by atoms with Gasteiger partial charge in [0, 0.05) is 43.1 Å². The lowest BCUT2D eigenvalue weighted by Gasteiger charge is -2.14. The molecule has 2 aromatic heterocycles. The highest BCUT2D eigenvalue weighted by Gasteiger charge is 2.03. The number of nitrogens with zero attached hydrogens (tertiary/aromatic N) is 4. The van der Waals surface area contributed by atoms with Gasteiger partial charge in [-0.2, -0.15) is 5.10 Å². The maximum absolute atomic E-state index is 4.22. The second-order valence-electron chi connectivity index (χ2n) is 5.15. The van der Waals surface area contributed by atoms with E-state index in [1.807, 2.05) is 33.9 Å². The second kappa shape index (κ2) is 6.37. The van der Waals surface area contributed by atoms with Crippen LogP contribution in [-0.2, 0) is 13.1 Å². The van der Waals surface area contributed by atoms with Gasteiger partial charge in [0.05, 0.1) is 12.9 Å². The molecule has 0 aliphatic heterocycles. The lowest BCUT2D eigenvalue weighted by atomic mass is 10.2. The SMILES string of the molecule is CC(Cn1cccn1)NCc1ccc(-n2ccnc2)cc1. The Kier molecular flexibility index (Phi) is 4.12. The molecule has 0 fully saturated rings. The van der Waals surface area contributed by atoms with Crippen molar-refractivity contribution in [2.45, 2.75) is 26.1 Å². The summed E-state index contributed by atoms with van der Waals surface area (Å²) >= 11 is 0. The van der Waals surface area contributed by atoms with E-state index >= 15 is 0 Å². The summed E-state index contributed by atoms with van der Waals surface area (Å²) in [4.78, 5) is 4.06. The van der Waals surface area contributed by atoms with Crippen LogP contribution in [0.25, 0.3) is 5.69 Å². The van der Waals surface area contributed by atoms with Crippen LogP contribution in [0.4, 0.5) is 0 Å². The molecule has 0 spiro atoms. The Morgan fingerprint density at radius 1 is 1.14 bits per heavy atom. The van der Waals surface area contributed by atoms with Crippen molar-refractivity contribution in [2.75, 3.05) is 0 Å². The Labute approximate surface area is 124 Å². The molecule has 1 unspecified atom stereocenters. The van der Waals surface area contributed by atoms with Crippen LogP contribution >= 0.6 is 0 Å². The Morgan fingerprint density at radius 3 is 2.67 bits per heavy atom. The zero-order chi connectivity index (χ0) is 14.5. The van der Waals surface area contributed by atoms with Crippen LogP contribution in [-0.4, -0.2) is 25.4 Å². The summed E-state index contributed by atoms with van der Waals surface area (Å²) in [7, 11) is 0. The molecule has 2 heterocycles. The predicted molar refractivity (Wildman–Crippen MR) is 82.1 cm³/mol. The fourth-order valence-corrected chi connectivity index (χ4v) is 2.24. The molecule has 0 bridgehead atoms. The van der Waals surface area contributed by atoms with Crippen molar-refractivity contribution in [1.82, 2.24) is 24.6 Å². The first kappa shape index (κ1) is 13.6. The van der Waals surface area contributed by atoms with Crippen LogP contribution < -0.4 is 5.32 Å². The second-order valence-corrected chi connectivity index (χ2v) is 5.15. The fraction of sp³-hybridized carbons (Fsp3) is 0.250. The molecular formula is C16H19N5. The Bertz CT molecular complexity index is 641. The zero-order valence-corrected chi connectivity index (χ0v) is 12.1. The quantitative estimate of drug-likeness (QED) is 0.754. The van der Waals surface area contributed by atoms with E-state index in [0.29, 0.717) is 6.04 Å². The van der Waals surface area contributed by atoms with Crippen molar-refractivity contribution >= 4 is 0 Å². The van der Waals surface area contributed by atoms with E-state index in [2.05, 4.69) is 46.6 Å². The largest absolute Gasteiger partial charge is 0.308 e. The summed E-state index contributed by atoms with van der Waals surface area (Å²) in [5.74, 6) is 0. The van der Waals surface area contributed by atoms with E-state index in [1.165, 1.54) is 5.56 Å². The van der Waals surface area contributed by atoms with Crippen molar-refractivity contribution in [3.8, 4) is 5.69 Å². The van der Waals surface area contributed by atoms with E-state index < -0.39 is 0 Å². The Hall–Kier alpha value is -2.40. The lowest BCUT2D eigenvalue weighted by Crippen LogP contribution is -2.30. The highest BCUT2D eigenvalue weighted by atomic mass is 15.3. The van der Waals surface area contributed by atoms with Gasteiger partial charge in [-0.15, -0.1) is 0 Å². The Balaban J connectivity index is 1.53. The van der Waals surface area contributed by atoms with Gasteiger partial charge in [-0.1, -0.05) is 12.1 Å². The molecule has 5 nitrogen and oxygen atoms in total. The fourth-order valence-electron chi connectivity index (χ4n) is 2.24. The molecule has 0 saturated heterocycles. The molecular weight excluding hydrogens is 262 g/mol. The van der Waals surface area contributed by atoms with E-state index in [9.17, 15) is 0 Å². The maximum atomic E-state index is 4.22. The third-order valence-corrected chi connectivity index (χ3v) is 3.41. The van der Waals surface area contributed by atoms with Crippen LogP contribution in [0.1, 0.15) is 12.5 Å². The number of aromatic nitrogens is 4. The molecule has 0 amide bonds. The molecule has 1 atom stereocenters. The number of benzene rings is 1. The zero-order valence-electron chi connectivity index (χ0n) is 12.1. The smallest absolute Gasteiger partial charge is 0.0991 e. The molecule has 1 N–H and O–H groups in total. The van der Waals surface area contributed by atoms with E-state index in [1.54, 1.807) is 12.5 Å². The average Bonchev–Trinajstić information content (AvgIpc) is 3.19. The van der Waals surface area contributed by atoms with Crippen molar-refractivity contribution in [3.05, 3.63) is 67.0 Å². The maximum Gasteiger partial charge on any atom is 0.0991 e. The predicted octanol–water partition coefficient (Wildman–Crippen LogP) is 2.25. The Morgan fingerprint density at radius 2 is 2.00 bits per heavy atom. The molecule has 5 heteroatoms. The molecule has 3 rings (SSSR count). The third kappa shape index (κ3) is 3.58. The molecule has 3 aromatic rings. The van der Waals surface area contributed by atoms with Gasteiger partial charge in [-0.3, -0.25) is 4.68 Å². The van der Waals surface area contributed by atoms with E-state index in [0.717, 1.165) is 18.8 Å². The summed E-state index contributed by atoms with van der Waals surface area (Å²) in [5.41, 5.74) is 2.40. The van der Waals surface area contributed by atoms with Gasteiger partial charge < -0.3 is 9.88 Å². The summed E-state index contributed by atoms with van der Waals surface area (Å²) in [6, 6.07) is 10.8. The number of hydrogen-bond donors (Lipinski definition) is 1. The number of nitrogens with one attached hydrogen (secondary N) is 1. The van der Waals surface area contributed by atoms with E-state index in [-0.39, 0.29) is 0 Å². The first-order chi connectivity index (χ1) is 10.3. The van der Waals surface area contributed by atoms with Gasteiger partial charge in [0.25, 0.3) is 0 Å². The van der Waals surface area contributed by atoms with E-state index in [4.69, 9.17) is 0 Å². The molecule has 0 aliphatic rings. The van der Waals surface area contributed by atoms with Crippen LogP contribution in [0.2, 0.25) is 0 Å². The molecule has 0 saturated carbocycles. The monoisotopic (exact) mass is 281 g/mol. The topological polar surface area (TPSA) is 47.7 Å². The van der Waals surface area contributed by atoms with Crippen molar-refractivity contribution in [1.29, 1.82) is 0 Å². The van der Waals surface area contributed by atoms with Gasteiger partial charge >= 0.3 is 0 Å². The summed E-state index contributed by atoms with van der Waals surface area (Å²) in [6.07, 6.45) is 9.32. The highest BCUT2D eigenvalue weighted by molar-refractivity contribution is 5.34. The molecule has 0 radical (unpaired) electrons. The molecule has 1 aromatic carbocycles. The first-order valence-electron chi connectivity index (χ1n) is 7.09. The third-order valence-electron chi connectivity index (χ3n) is 3.41. The average molecular weight is 281 g/mol. The molecule has 0 aliphatic carbocycles. The minimum Gasteiger partial charge on any atom is -0.308 e. The number of rotatable bonds is 6. The van der Waals surface area contributed by atoms with Gasteiger partial charge in [-0.25, -0.2) is 4.98 Å². The minimum atomic E-state index is 0.373. The van der Waals surface area contributed by atoms with Gasteiger partial charge in [-0.05, 0) is 30.7 Å². The highest BCUT2D eigenvalue weighted by Crippen LogP contribution is 2.09. The number of imidazole rings is 1. The van der Waals surface area contributed by atoms with Crippen LogP contribution in [0, 0.1) is 0 Å². The van der Waals surface area contributed by atoms with Crippen LogP contribution in [0.3, 0.4) is 0 Å². The van der Waals surface area contributed by atoms with Crippen molar-refractivity contribution in [2.24, 2.45) is 0 Å². The standard InChI is InChI=1S/C16H19N5/c1-14(12-21-9-2-7-19-21)18-11-15-3-5-16(6-4-15)20-10-8-17-13-20/h2-10,13-14,18H,11-12H2,1H3. The van der Waals surface area contributed by atoms with Gasteiger partial charge in [0.1, 0.15) is 0 Å². The number of hydrogen-bond acceptors (Lipinski definition) is 3. The summed E-state index contributed by atoms with van der Waals surface area (Å²) < 4.78 is 3.94. The minimum absolute atomic E-state index is 0.373. The van der Waals surface area contributed by atoms with Gasteiger partial charge in [0.2, 0.25) is 0 Å².